The van der Waals surface area contributed by atoms with Crippen LogP contribution in [0.5, 0.6) is 0 Å². The highest BCUT2D eigenvalue weighted by atomic mass is 79.9. The van der Waals surface area contributed by atoms with E-state index in [1.54, 1.807) is 0 Å². The highest BCUT2D eigenvalue weighted by molar-refractivity contribution is 9.10. The van der Waals surface area contributed by atoms with Crippen LogP contribution in [0.25, 0.3) is 0 Å². The van der Waals surface area contributed by atoms with E-state index < -0.39 is 16.6 Å². The van der Waals surface area contributed by atoms with E-state index in [2.05, 4.69) is 21.2 Å². The number of nitrogens with one attached hydrogen (secondary N) is 1. The zero-order valence-electron chi connectivity index (χ0n) is 10.5. The summed E-state index contributed by atoms with van der Waals surface area (Å²) >= 11 is 3.17. The third-order valence-electron chi connectivity index (χ3n) is 2.67. The van der Waals surface area contributed by atoms with Crippen molar-refractivity contribution in [2.75, 3.05) is 11.1 Å². The van der Waals surface area contributed by atoms with Crippen LogP contribution in [0.2, 0.25) is 0 Å². The van der Waals surface area contributed by atoms with Crippen molar-refractivity contribution in [3.05, 3.63) is 62.4 Å². The Morgan fingerprint density at radius 1 is 1.29 bits per heavy atom. The lowest BCUT2D eigenvalue weighted by atomic mass is 10.1. The molecule has 2 aromatic carbocycles. The number of nitrogen functional groups attached to an aromatic ring is 1. The SMILES string of the molecule is Nc1ccc([N+](=O)[O-])cc1C(=O)Nc1cc(F)ccc1Br. The van der Waals surface area contributed by atoms with E-state index in [0.717, 1.165) is 12.1 Å². The van der Waals surface area contributed by atoms with Gasteiger partial charge in [-0.1, -0.05) is 0 Å². The second kappa shape index (κ2) is 5.88. The van der Waals surface area contributed by atoms with E-state index in [1.165, 1.54) is 24.3 Å². The van der Waals surface area contributed by atoms with Crippen LogP contribution < -0.4 is 11.1 Å². The Morgan fingerprint density at radius 3 is 2.67 bits per heavy atom. The molecule has 0 saturated heterocycles. The number of hydrogen-bond acceptors (Lipinski definition) is 4. The summed E-state index contributed by atoms with van der Waals surface area (Å²) in [6, 6.07) is 7.31. The maximum Gasteiger partial charge on any atom is 0.270 e. The molecule has 0 saturated carbocycles. The minimum atomic E-state index is -0.664. The fraction of sp³-hybridized carbons (Fsp3) is 0. The molecule has 0 aliphatic carbocycles. The van der Waals surface area contributed by atoms with Crippen LogP contribution >= 0.6 is 15.9 Å². The summed E-state index contributed by atoms with van der Waals surface area (Å²) in [6.45, 7) is 0. The van der Waals surface area contributed by atoms with Crippen molar-refractivity contribution in [2.24, 2.45) is 0 Å². The number of halogens is 2. The molecule has 0 fully saturated rings. The van der Waals surface area contributed by atoms with Gasteiger partial charge in [0.1, 0.15) is 5.82 Å². The van der Waals surface area contributed by atoms with Crippen LogP contribution in [0, 0.1) is 15.9 Å². The molecule has 2 rings (SSSR count). The van der Waals surface area contributed by atoms with Crippen LogP contribution in [-0.2, 0) is 0 Å². The number of nitro benzene ring substituents is 1. The van der Waals surface area contributed by atoms with Crippen molar-refractivity contribution in [2.45, 2.75) is 0 Å². The standard InChI is InChI=1S/C13H9BrFN3O3/c14-10-3-1-7(15)5-12(10)17-13(19)9-6-8(18(20)21)2-4-11(9)16/h1-6H,16H2,(H,17,19). The van der Waals surface area contributed by atoms with Crippen LogP contribution in [-0.4, -0.2) is 10.8 Å². The van der Waals surface area contributed by atoms with E-state index in [4.69, 9.17) is 5.73 Å². The molecular weight excluding hydrogens is 345 g/mol. The molecule has 0 aliphatic heterocycles. The molecule has 0 heterocycles. The molecule has 0 spiro atoms. The zero-order valence-corrected chi connectivity index (χ0v) is 12.1. The summed E-state index contributed by atoms with van der Waals surface area (Å²) in [5.41, 5.74) is 5.62. The number of non-ortho nitro benzene ring substituents is 1. The van der Waals surface area contributed by atoms with E-state index in [-0.39, 0.29) is 22.6 Å². The largest absolute Gasteiger partial charge is 0.398 e. The Kier molecular flexibility index (Phi) is 4.18. The number of hydrogen-bond donors (Lipinski definition) is 2. The Morgan fingerprint density at radius 2 is 2.00 bits per heavy atom. The van der Waals surface area contributed by atoms with Gasteiger partial charge in [-0.15, -0.1) is 0 Å². The number of nitrogens with zero attached hydrogens (tertiary/aromatic N) is 1. The maximum absolute atomic E-state index is 13.2. The molecule has 21 heavy (non-hydrogen) atoms. The quantitative estimate of drug-likeness (QED) is 0.502. The maximum atomic E-state index is 13.2. The molecule has 6 nitrogen and oxygen atoms in total. The Balaban J connectivity index is 2.34. The van der Waals surface area contributed by atoms with E-state index >= 15 is 0 Å². The van der Waals surface area contributed by atoms with Crippen LogP contribution in [0.3, 0.4) is 0 Å². The van der Waals surface area contributed by atoms with E-state index in [0.29, 0.717) is 4.47 Å². The van der Waals surface area contributed by atoms with Gasteiger partial charge in [0.2, 0.25) is 0 Å². The Hall–Kier alpha value is -2.48. The predicted octanol–water partition coefficient (Wildman–Crippen LogP) is 3.33. The van der Waals surface area contributed by atoms with Crippen LogP contribution in [0.1, 0.15) is 10.4 Å². The molecule has 1 amide bonds. The van der Waals surface area contributed by atoms with Crippen LogP contribution in [0.15, 0.2) is 40.9 Å². The summed E-state index contributed by atoms with van der Waals surface area (Å²) in [4.78, 5) is 22.2. The van der Waals surface area contributed by atoms with Crippen molar-refractivity contribution in [3.63, 3.8) is 0 Å². The second-order valence-corrected chi connectivity index (χ2v) is 4.96. The molecule has 0 unspecified atom stereocenters. The normalized spacial score (nSPS) is 10.2. The Labute approximate surface area is 127 Å². The van der Waals surface area contributed by atoms with Gasteiger partial charge in [-0.2, -0.15) is 0 Å². The van der Waals surface area contributed by atoms with Gasteiger partial charge >= 0.3 is 0 Å². The van der Waals surface area contributed by atoms with Gasteiger partial charge in [0, 0.05) is 22.3 Å². The minimum Gasteiger partial charge on any atom is -0.398 e. The number of anilines is 2. The first-order valence-electron chi connectivity index (χ1n) is 5.69. The zero-order chi connectivity index (χ0) is 15.6. The van der Waals surface area contributed by atoms with Crippen molar-refractivity contribution in [3.8, 4) is 0 Å². The van der Waals surface area contributed by atoms with Gasteiger partial charge in [-0.25, -0.2) is 4.39 Å². The minimum absolute atomic E-state index is 0.0552. The molecule has 3 N–H and O–H groups in total. The van der Waals surface area contributed by atoms with Crippen molar-refractivity contribution >= 4 is 38.9 Å². The number of nitrogens with two attached hydrogens (primary N) is 1. The molecule has 8 heteroatoms. The number of carbonyl (C=O) groups is 1. The molecule has 0 bridgehead atoms. The molecular formula is C13H9BrFN3O3. The van der Waals surface area contributed by atoms with Gasteiger partial charge in [0.25, 0.3) is 11.6 Å². The fourth-order valence-electron chi connectivity index (χ4n) is 1.64. The number of amides is 1. The third kappa shape index (κ3) is 3.34. The monoisotopic (exact) mass is 353 g/mol. The molecule has 0 atom stereocenters. The summed E-state index contributed by atoms with van der Waals surface area (Å²) < 4.78 is 13.6. The topological polar surface area (TPSA) is 98.3 Å². The van der Waals surface area contributed by atoms with Crippen molar-refractivity contribution in [1.82, 2.24) is 0 Å². The smallest absolute Gasteiger partial charge is 0.270 e. The molecule has 2 aromatic rings. The fourth-order valence-corrected chi connectivity index (χ4v) is 1.98. The van der Waals surface area contributed by atoms with Gasteiger partial charge in [0.05, 0.1) is 16.2 Å². The number of benzene rings is 2. The molecule has 108 valence electrons. The van der Waals surface area contributed by atoms with Crippen LogP contribution in [0.4, 0.5) is 21.5 Å². The highest BCUT2D eigenvalue weighted by Gasteiger charge is 2.16. The second-order valence-electron chi connectivity index (χ2n) is 4.11. The third-order valence-corrected chi connectivity index (χ3v) is 3.36. The van der Waals surface area contributed by atoms with Gasteiger partial charge in [-0.05, 0) is 40.2 Å². The van der Waals surface area contributed by atoms with E-state index in [9.17, 15) is 19.3 Å². The first kappa shape index (κ1) is 14.9. The van der Waals surface area contributed by atoms with Crippen molar-refractivity contribution < 1.29 is 14.1 Å². The van der Waals surface area contributed by atoms with Gasteiger partial charge < -0.3 is 11.1 Å². The Bertz CT molecular complexity index is 737. The average Bonchev–Trinajstić information content (AvgIpc) is 2.43. The van der Waals surface area contributed by atoms with Crippen molar-refractivity contribution in [1.29, 1.82) is 0 Å². The van der Waals surface area contributed by atoms with Gasteiger partial charge in [-0.3, -0.25) is 14.9 Å². The molecule has 0 aliphatic rings. The van der Waals surface area contributed by atoms with E-state index in [1.807, 2.05) is 0 Å². The summed E-state index contributed by atoms with van der Waals surface area (Å²) in [5, 5.41) is 13.2. The number of rotatable bonds is 3. The first-order valence-corrected chi connectivity index (χ1v) is 6.48. The summed E-state index contributed by atoms with van der Waals surface area (Å²) in [5.74, 6) is -1.19. The highest BCUT2D eigenvalue weighted by Crippen LogP contribution is 2.25. The lowest BCUT2D eigenvalue weighted by Crippen LogP contribution is -2.15. The molecule has 0 aromatic heterocycles. The summed E-state index contributed by atoms with van der Waals surface area (Å²) in [7, 11) is 0. The lowest BCUT2D eigenvalue weighted by Gasteiger charge is -2.09. The number of carbonyl (C=O) groups excluding carboxylic acids is 1. The molecule has 0 radical (unpaired) electrons. The average molecular weight is 354 g/mol. The predicted molar refractivity (Wildman–Crippen MR) is 79.6 cm³/mol. The number of nitro groups is 1. The summed E-state index contributed by atoms with van der Waals surface area (Å²) in [6.07, 6.45) is 0. The first-order chi connectivity index (χ1) is 9.88. The van der Waals surface area contributed by atoms with Gasteiger partial charge in [0.15, 0.2) is 0 Å². The lowest BCUT2D eigenvalue weighted by molar-refractivity contribution is -0.384.